The van der Waals surface area contributed by atoms with Crippen LogP contribution < -0.4 is 0 Å². The van der Waals surface area contributed by atoms with E-state index in [9.17, 15) is 4.79 Å². The minimum atomic E-state index is 0.248. The lowest BCUT2D eigenvalue weighted by Gasteiger charge is -2.23. The van der Waals surface area contributed by atoms with Gasteiger partial charge in [0.2, 0.25) is 5.91 Å². The molecule has 1 heterocycles. The Morgan fingerprint density at radius 3 is 1.79 bits per heavy atom. The molecule has 0 radical (unpaired) electrons. The van der Waals surface area contributed by atoms with Crippen LogP contribution in [0.5, 0.6) is 0 Å². The molecule has 0 saturated heterocycles. The van der Waals surface area contributed by atoms with Crippen molar-refractivity contribution in [2.75, 3.05) is 0 Å². The minimum Gasteiger partial charge on any atom is -0.354 e. The molecular formula is C25H30N2O. The van der Waals surface area contributed by atoms with E-state index in [-0.39, 0.29) is 5.91 Å². The molecule has 1 aromatic heterocycles. The number of benzene rings is 2. The van der Waals surface area contributed by atoms with Crippen LogP contribution in [-0.2, 0) is 24.4 Å². The molecule has 146 valence electrons. The molecule has 0 N–H and O–H groups in total. The third kappa shape index (κ3) is 6.73. The van der Waals surface area contributed by atoms with Gasteiger partial charge >= 0.3 is 0 Å². The van der Waals surface area contributed by atoms with Crippen LogP contribution in [0.3, 0.4) is 0 Å². The van der Waals surface area contributed by atoms with Gasteiger partial charge in [0.1, 0.15) is 0 Å². The molecule has 0 bridgehead atoms. The highest BCUT2D eigenvalue weighted by molar-refractivity contribution is 5.76. The first-order chi connectivity index (χ1) is 13.8. The lowest BCUT2D eigenvalue weighted by molar-refractivity contribution is -0.132. The first-order valence-electron chi connectivity index (χ1n) is 10.3. The molecule has 0 spiro atoms. The van der Waals surface area contributed by atoms with Crippen LogP contribution in [0.25, 0.3) is 0 Å². The predicted octanol–water partition coefficient (Wildman–Crippen LogP) is 5.67. The fourth-order valence-electron chi connectivity index (χ4n) is 3.44. The zero-order valence-corrected chi connectivity index (χ0v) is 16.5. The average Bonchev–Trinajstić information content (AvgIpc) is 3.25. The van der Waals surface area contributed by atoms with E-state index in [2.05, 4.69) is 53.4 Å². The summed E-state index contributed by atoms with van der Waals surface area (Å²) in [5.41, 5.74) is 2.36. The Bertz CT molecular complexity index is 756. The zero-order valence-electron chi connectivity index (χ0n) is 16.5. The largest absolute Gasteiger partial charge is 0.354 e. The number of unbranched alkanes of at least 4 members (excludes halogenated alkanes) is 3. The maximum atomic E-state index is 12.9. The topological polar surface area (TPSA) is 25.2 Å². The molecule has 0 aliphatic carbocycles. The van der Waals surface area contributed by atoms with Gasteiger partial charge in [-0.05, 0) is 36.1 Å². The summed E-state index contributed by atoms with van der Waals surface area (Å²) >= 11 is 0. The fraction of sp³-hybridized carbons (Fsp3) is 0.320. The first-order valence-corrected chi connectivity index (χ1v) is 10.3. The lowest BCUT2D eigenvalue weighted by Crippen LogP contribution is -2.29. The van der Waals surface area contributed by atoms with Gasteiger partial charge in [0.15, 0.2) is 0 Å². The summed E-state index contributed by atoms with van der Waals surface area (Å²) in [6, 6.07) is 24.6. The molecule has 28 heavy (non-hydrogen) atoms. The summed E-state index contributed by atoms with van der Waals surface area (Å²) < 4.78 is 2.21. The highest BCUT2D eigenvalue weighted by Gasteiger charge is 2.14. The van der Waals surface area contributed by atoms with Crippen LogP contribution in [-0.4, -0.2) is 15.4 Å². The number of rotatable bonds is 11. The Kier molecular flexibility index (Phi) is 7.92. The summed E-state index contributed by atoms with van der Waals surface area (Å²) in [6.45, 7) is 2.40. The van der Waals surface area contributed by atoms with Crippen LogP contribution >= 0.6 is 0 Å². The molecule has 3 aromatic rings. The average molecular weight is 375 g/mol. The minimum absolute atomic E-state index is 0.248. The highest BCUT2D eigenvalue weighted by Crippen LogP contribution is 2.14. The Morgan fingerprint density at radius 2 is 1.21 bits per heavy atom. The number of hydrogen-bond acceptors (Lipinski definition) is 1. The number of carbonyl (C=O) groups is 1. The number of aromatic nitrogens is 1. The third-order valence-electron chi connectivity index (χ3n) is 5.01. The van der Waals surface area contributed by atoms with Crippen molar-refractivity contribution in [1.82, 2.24) is 9.47 Å². The normalized spacial score (nSPS) is 10.7. The van der Waals surface area contributed by atoms with Gasteiger partial charge < -0.3 is 9.47 Å². The van der Waals surface area contributed by atoms with Crippen molar-refractivity contribution in [1.29, 1.82) is 0 Å². The van der Waals surface area contributed by atoms with Gasteiger partial charge in [-0.2, -0.15) is 0 Å². The molecule has 3 heteroatoms. The van der Waals surface area contributed by atoms with Crippen LogP contribution in [0.4, 0.5) is 0 Å². The Balaban J connectivity index is 1.46. The van der Waals surface area contributed by atoms with Gasteiger partial charge in [0, 0.05) is 38.4 Å². The van der Waals surface area contributed by atoms with Gasteiger partial charge in [0.05, 0.1) is 0 Å². The first kappa shape index (κ1) is 19.9. The quantitative estimate of drug-likeness (QED) is 0.397. The van der Waals surface area contributed by atoms with Crippen molar-refractivity contribution in [2.24, 2.45) is 0 Å². The van der Waals surface area contributed by atoms with Crippen molar-refractivity contribution in [2.45, 2.75) is 51.7 Å². The SMILES string of the molecule is O=C(CCCCCCn1cccc1)N(Cc1ccccc1)Cc1ccccc1. The molecule has 0 aliphatic heterocycles. The maximum Gasteiger partial charge on any atom is 0.223 e. The lowest BCUT2D eigenvalue weighted by atomic mass is 10.1. The summed E-state index contributed by atoms with van der Waals surface area (Å²) in [5.74, 6) is 0.248. The van der Waals surface area contributed by atoms with Gasteiger partial charge in [-0.25, -0.2) is 0 Å². The van der Waals surface area contributed by atoms with Crippen molar-refractivity contribution < 1.29 is 4.79 Å². The Hall–Kier alpha value is -2.81. The molecule has 0 atom stereocenters. The summed E-state index contributed by atoms with van der Waals surface area (Å²) in [6.07, 6.45) is 9.25. The summed E-state index contributed by atoms with van der Waals surface area (Å²) in [7, 11) is 0. The zero-order chi connectivity index (χ0) is 19.4. The molecule has 0 saturated carbocycles. The highest BCUT2D eigenvalue weighted by atomic mass is 16.2. The van der Waals surface area contributed by atoms with E-state index in [1.54, 1.807) is 0 Å². The van der Waals surface area contributed by atoms with Crippen LogP contribution in [0.1, 0.15) is 43.2 Å². The van der Waals surface area contributed by atoms with Crippen molar-refractivity contribution >= 4 is 5.91 Å². The van der Waals surface area contributed by atoms with E-state index < -0.39 is 0 Å². The molecule has 3 rings (SSSR count). The molecule has 0 unspecified atom stereocenters. The standard InChI is InChI=1S/C25H30N2O/c28-25(17-9-1-2-10-18-26-19-11-12-20-26)27(21-23-13-5-3-6-14-23)22-24-15-7-4-8-16-24/h3-8,11-16,19-20H,1-2,9-10,17-18,21-22H2. The smallest absolute Gasteiger partial charge is 0.223 e. The van der Waals surface area contributed by atoms with E-state index in [1.807, 2.05) is 41.3 Å². The second kappa shape index (κ2) is 11.1. The third-order valence-corrected chi connectivity index (χ3v) is 5.01. The van der Waals surface area contributed by atoms with Gasteiger partial charge in [-0.15, -0.1) is 0 Å². The summed E-state index contributed by atoms with van der Waals surface area (Å²) in [4.78, 5) is 14.9. The van der Waals surface area contributed by atoms with Crippen molar-refractivity contribution in [3.8, 4) is 0 Å². The van der Waals surface area contributed by atoms with Crippen molar-refractivity contribution in [3.05, 3.63) is 96.3 Å². The van der Waals surface area contributed by atoms with E-state index >= 15 is 0 Å². The molecule has 2 aromatic carbocycles. The fourth-order valence-corrected chi connectivity index (χ4v) is 3.44. The number of aryl methyl sites for hydroxylation is 1. The van der Waals surface area contributed by atoms with Gasteiger partial charge in [-0.3, -0.25) is 4.79 Å². The van der Waals surface area contributed by atoms with E-state index in [1.165, 1.54) is 24.0 Å². The maximum absolute atomic E-state index is 12.9. The molecular weight excluding hydrogens is 344 g/mol. The molecule has 0 aliphatic rings. The van der Waals surface area contributed by atoms with E-state index in [0.717, 1.165) is 19.4 Å². The number of amides is 1. The monoisotopic (exact) mass is 374 g/mol. The summed E-state index contributed by atoms with van der Waals surface area (Å²) in [5, 5.41) is 0. The number of nitrogens with zero attached hydrogens (tertiary/aromatic N) is 2. The van der Waals surface area contributed by atoms with Crippen molar-refractivity contribution in [3.63, 3.8) is 0 Å². The second-order valence-corrected chi connectivity index (χ2v) is 7.31. The predicted molar refractivity (Wildman–Crippen MR) is 115 cm³/mol. The second-order valence-electron chi connectivity index (χ2n) is 7.31. The van der Waals surface area contributed by atoms with E-state index in [4.69, 9.17) is 0 Å². The Labute approximate surface area is 168 Å². The number of hydrogen-bond donors (Lipinski definition) is 0. The Morgan fingerprint density at radius 1 is 0.679 bits per heavy atom. The van der Waals surface area contributed by atoms with Gasteiger partial charge in [0.25, 0.3) is 0 Å². The van der Waals surface area contributed by atoms with Crippen LogP contribution in [0, 0.1) is 0 Å². The van der Waals surface area contributed by atoms with Gasteiger partial charge in [-0.1, -0.05) is 73.5 Å². The molecule has 1 amide bonds. The molecule has 0 fully saturated rings. The number of carbonyl (C=O) groups excluding carboxylic acids is 1. The van der Waals surface area contributed by atoms with Crippen LogP contribution in [0.2, 0.25) is 0 Å². The van der Waals surface area contributed by atoms with E-state index in [0.29, 0.717) is 19.5 Å². The molecule has 3 nitrogen and oxygen atoms in total. The van der Waals surface area contributed by atoms with Crippen LogP contribution in [0.15, 0.2) is 85.2 Å².